The highest BCUT2D eigenvalue weighted by Gasteiger charge is 2.25. The molecule has 0 heterocycles. The van der Waals surface area contributed by atoms with Crippen molar-refractivity contribution in [2.75, 3.05) is 26.2 Å². The lowest BCUT2D eigenvalue weighted by atomic mass is 9.83. The van der Waals surface area contributed by atoms with Crippen LogP contribution in [0.25, 0.3) is 0 Å². The highest BCUT2D eigenvalue weighted by atomic mass is 35.5. The van der Waals surface area contributed by atoms with Gasteiger partial charge in [0.25, 0.3) is 0 Å². The average Bonchev–Trinajstić information content (AvgIpc) is 2.39. The number of hydrogen-bond donors (Lipinski definition) is 1. The maximum atomic E-state index is 5.99. The fourth-order valence-corrected chi connectivity index (χ4v) is 2.40. The van der Waals surface area contributed by atoms with Gasteiger partial charge in [-0.15, -0.1) is 0 Å². The molecule has 0 saturated heterocycles. The minimum absolute atomic E-state index is 0.125. The number of benzene rings is 1. The van der Waals surface area contributed by atoms with Gasteiger partial charge in [0.2, 0.25) is 0 Å². The Labute approximate surface area is 116 Å². The summed E-state index contributed by atoms with van der Waals surface area (Å²) in [6.07, 6.45) is 0.997. The Morgan fingerprint density at radius 1 is 1.17 bits per heavy atom. The minimum atomic E-state index is 0.125. The third kappa shape index (κ3) is 4.60. The molecule has 18 heavy (non-hydrogen) atoms. The van der Waals surface area contributed by atoms with E-state index in [-0.39, 0.29) is 5.41 Å². The van der Waals surface area contributed by atoms with Crippen molar-refractivity contribution < 1.29 is 0 Å². The quantitative estimate of drug-likeness (QED) is 0.823. The van der Waals surface area contributed by atoms with Crippen LogP contribution < -0.4 is 5.73 Å². The van der Waals surface area contributed by atoms with Gasteiger partial charge in [-0.25, -0.2) is 0 Å². The largest absolute Gasteiger partial charge is 0.330 e. The summed E-state index contributed by atoms with van der Waals surface area (Å²) < 4.78 is 0. The number of nitrogens with zero attached hydrogens (tertiary/aromatic N) is 1. The number of nitrogens with two attached hydrogens (primary N) is 1. The fraction of sp³-hybridized carbons (Fsp3) is 0.600. The van der Waals surface area contributed by atoms with Gasteiger partial charge in [-0.2, -0.15) is 0 Å². The number of hydrogen-bond acceptors (Lipinski definition) is 2. The van der Waals surface area contributed by atoms with Crippen molar-refractivity contribution in [3.63, 3.8) is 0 Å². The normalized spacial score (nSPS) is 14.8. The van der Waals surface area contributed by atoms with Crippen LogP contribution in [0.15, 0.2) is 24.3 Å². The molecule has 2 nitrogen and oxygen atoms in total. The summed E-state index contributed by atoms with van der Waals surface area (Å²) in [5.74, 6) is 0. The third-order valence-corrected chi connectivity index (χ3v) is 3.79. The van der Waals surface area contributed by atoms with E-state index in [1.165, 1.54) is 5.56 Å². The smallest absolute Gasteiger partial charge is 0.0406 e. The van der Waals surface area contributed by atoms with Crippen LogP contribution in [0.1, 0.15) is 26.3 Å². The van der Waals surface area contributed by atoms with E-state index in [1.54, 1.807) is 0 Å². The molecule has 102 valence electrons. The van der Waals surface area contributed by atoms with Crippen molar-refractivity contribution in [1.82, 2.24) is 4.90 Å². The summed E-state index contributed by atoms with van der Waals surface area (Å²) in [7, 11) is 0. The van der Waals surface area contributed by atoms with E-state index < -0.39 is 0 Å². The second-order valence-corrected chi connectivity index (χ2v) is 5.72. The maximum Gasteiger partial charge on any atom is 0.0406 e. The first-order chi connectivity index (χ1) is 8.53. The summed E-state index contributed by atoms with van der Waals surface area (Å²) in [6, 6.07) is 8.09. The first kappa shape index (κ1) is 15.5. The molecule has 0 aliphatic heterocycles. The first-order valence-electron chi connectivity index (χ1n) is 6.70. The molecule has 0 amide bonds. The monoisotopic (exact) mass is 268 g/mol. The zero-order valence-electron chi connectivity index (χ0n) is 11.7. The van der Waals surface area contributed by atoms with Crippen molar-refractivity contribution >= 4 is 11.6 Å². The Kier molecular flexibility index (Phi) is 6.13. The second-order valence-electron chi connectivity index (χ2n) is 5.28. The van der Waals surface area contributed by atoms with Crippen molar-refractivity contribution in [2.24, 2.45) is 11.1 Å². The van der Waals surface area contributed by atoms with E-state index in [4.69, 9.17) is 17.3 Å². The van der Waals surface area contributed by atoms with E-state index >= 15 is 0 Å². The summed E-state index contributed by atoms with van der Waals surface area (Å²) in [5.41, 5.74) is 7.42. The van der Waals surface area contributed by atoms with Crippen LogP contribution in [0.5, 0.6) is 0 Å². The van der Waals surface area contributed by atoms with Crippen molar-refractivity contribution in [2.45, 2.75) is 27.2 Å². The van der Waals surface area contributed by atoms with Crippen LogP contribution in [0, 0.1) is 5.41 Å². The summed E-state index contributed by atoms with van der Waals surface area (Å²) >= 11 is 5.91. The molecular formula is C15H25ClN2. The Bertz CT molecular complexity index is 346. The zero-order valence-corrected chi connectivity index (χ0v) is 12.5. The van der Waals surface area contributed by atoms with Gasteiger partial charge < -0.3 is 10.6 Å². The predicted molar refractivity (Wildman–Crippen MR) is 80.1 cm³/mol. The molecule has 3 heteroatoms. The van der Waals surface area contributed by atoms with Crippen LogP contribution in [-0.4, -0.2) is 31.1 Å². The molecule has 1 atom stereocenters. The van der Waals surface area contributed by atoms with Crippen LogP contribution in [0.3, 0.4) is 0 Å². The van der Waals surface area contributed by atoms with Crippen LogP contribution in [0.4, 0.5) is 0 Å². The summed E-state index contributed by atoms with van der Waals surface area (Å²) in [6.45, 7) is 10.6. The highest BCUT2D eigenvalue weighted by molar-refractivity contribution is 6.30. The lowest BCUT2D eigenvalue weighted by molar-refractivity contribution is 0.181. The van der Waals surface area contributed by atoms with Gasteiger partial charge in [-0.3, -0.25) is 0 Å². The molecule has 0 bridgehead atoms. The van der Waals surface area contributed by atoms with Gasteiger partial charge in [0.15, 0.2) is 0 Å². The van der Waals surface area contributed by atoms with Crippen LogP contribution >= 0.6 is 11.6 Å². The lowest BCUT2D eigenvalue weighted by Gasteiger charge is -2.34. The molecule has 1 rings (SSSR count). The molecule has 1 aromatic rings. The average molecular weight is 269 g/mol. The Balaban J connectivity index is 2.72. The van der Waals surface area contributed by atoms with Gasteiger partial charge in [0.1, 0.15) is 0 Å². The SMILES string of the molecule is CCN(CC)CC(C)(CN)Cc1ccc(Cl)cc1. The Morgan fingerprint density at radius 3 is 2.17 bits per heavy atom. The molecule has 1 unspecified atom stereocenters. The molecule has 0 fully saturated rings. The molecule has 0 aliphatic rings. The molecule has 0 spiro atoms. The van der Waals surface area contributed by atoms with Crippen LogP contribution in [0.2, 0.25) is 5.02 Å². The van der Waals surface area contributed by atoms with E-state index in [9.17, 15) is 0 Å². The zero-order chi connectivity index (χ0) is 13.6. The molecule has 0 saturated carbocycles. The fourth-order valence-electron chi connectivity index (χ4n) is 2.27. The summed E-state index contributed by atoms with van der Waals surface area (Å²) in [5, 5.41) is 0.789. The minimum Gasteiger partial charge on any atom is -0.330 e. The molecule has 0 aliphatic carbocycles. The Hall–Kier alpha value is -0.570. The molecule has 2 N–H and O–H groups in total. The number of halogens is 1. The molecule has 1 aromatic carbocycles. The van der Waals surface area contributed by atoms with Gasteiger partial charge in [-0.1, -0.05) is 44.5 Å². The van der Waals surface area contributed by atoms with E-state index in [1.807, 2.05) is 12.1 Å². The highest BCUT2D eigenvalue weighted by Crippen LogP contribution is 2.23. The number of rotatable bonds is 7. The van der Waals surface area contributed by atoms with E-state index in [2.05, 4.69) is 37.8 Å². The van der Waals surface area contributed by atoms with Gasteiger partial charge in [-0.05, 0) is 49.2 Å². The van der Waals surface area contributed by atoms with Crippen molar-refractivity contribution in [1.29, 1.82) is 0 Å². The third-order valence-electron chi connectivity index (χ3n) is 3.54. The molecule has 0 aromatic heterocycles. The maximum absolute atomic E-state index is 5.99. The van der Waals surface area contributed by atoms with Crippen molar-refractivity contribution in [3.8, 4) is 0 Å². The Morgan fingerprint density at radius 2 is 1.72 bits per heavy atom. The lowest BCUT2D eigenvalue weighted by Crippen LogP contribution is -2.42. The standard InChI is InChI=1S/C15H25ClN2/c1-4-18(5-2)12-15(3,11-17)10-13-6-8-14(16)9-7-13/h6-9H,4-5,10-12,17H2,1-3H3. The van der Waals surface area contributed by atoms with E-state index in [0.29, 0.717) is 6.54 Å². The van der Waals surface area contributed by atoms with Gasteiger partial charge in [0.05, 0.1) is 0 Å². The predicted octanol–water partition coefficient (Wildman–Crippen LogP) is 3.19. The van der Waals surface area contributed by atoms with Crippen LogP contribution in [-0.2, 0) is 6.42 Å². The van der Waals surface area contributed by atoms with Gasteiger partial charge in [0, 0.05) is 11.6 Å². The summed E-state index contributed by atoms with van der Waals surface area (Å²) in [4.78, 5) is 2.43. The van der Waals surface area contributed by atoms with Crippen molar-refractivity contribution in [3.05, 3.63) is 34.9 Å². The van der Waals surface area contributed by atoms with Gasteiger partial charge >= 0.3 is 0 Å². The van der Waals surface area contributed by atoms with E-state index in [0.717, 1.165) is 31.1 Å². The first-order valence-corrected chi connectivity index (χ1v) is 7.07. The topological polar surface area (TPSA) is 29.3 Å². The second kappa shape index (κ2) is 7.13. The molecular weight excluding hydrogens is 244 g/mol. The molecule has 0 radical (unpaired) electrons.